The van der Waals surface area contributed by atoms with E-state index in [0.717, 1.165) is 37.9 Å². The van der Waals surface area contributed by atoms with E-state index in [9.17, 15) is 0 Å². The number of morpholine rings is 1. The molecule has 4 nitrogen and oxygen atoms in total. The third-order valence-corrected chi connectivity index (χ3v) is 3.53. The van der Waals surface area contributed by atoms with Crippen molar-refractivity contribution in [1.29, 1.82) is 0 Å². The predicted molar refractivity (Wildman–Crippen MR) is 67.0 cm³/mol. The summed E-state index contributed by atoms with van der Waals surface area (Å²) in [6, 6.07) is 0. The van der Waals surface area contributed by atoms with Crippen LogP contribution in [0, 0.1) is 0 Å². The minimum absolute atomic E-state index is 0.356. The second-order valence-electron chi connectivity index (χ2n) is 4.08. The summed E-state index contributed by atoms with van der Waals surface area (Å²) < 4.78 is 5.52. The number of aromatic nitrogens is 1. The van der Waals surface area contributed by atoms with Crippen molar-refractivity contribution in [1.82, 2.24) is 9.88 Å². The third-order valence-electron chi connectivity index (χ3n) is 2.59. The van der Waals surface area contributed by atoms with Crippen molar-refractivity contribution in [3.63, 3.8) is 0 Å². The quantitative estimate of drug-likeness (QED) is 0.872. The average molecular weight is 241 g/mol. The highest BCUT2D eigenvalue weighted by molar-refractivity contribution is 7.15. The Morgan fingerprint density at radius 2 is 2.56 bits per heavy atom. The molecule has 0 saturated carbocycles. The van der Waals surface area contributed by atoms with Crippen molar-refractivity contribution in [2.45, 2.75) is 26.5 Å². The normalized spacial score (nSPS) is 22.2. The van der Waals surface area contributed by atoms with Crippen molar-refractivity contribution in [2.75, 3.05) is 31.6 Å². The van der Waals surface area contributed by atoms with Gasteiger partial charge in [-0.1, -0.05) is 0 Å². The standard InChI is InChI=1S/C11H19N3OS/c1-3-12-11-13-6-10(16-11)8-14-4-5-15-9(2)7-14/h6,9H,3-5,7-8H2,1-2H3,(H,12,13). The molecule has 1 N–H and O–H groups in total. The lowest BCUT2D eigenvalue weighted by molar-refractivity contribution is -0.0209. The minimum atomic E-state index is 0.356. The van der Waals surface area contributed by atoms with E-state index in [-0.39, 0.29) is 0 Å². The van der Waals surface area contributed by atoms with Gasteiger partial charge in [0.1, 0.15) is 0 Å². The summed E-state index contributed by atoms with van der Waals surface area (Å²) in [5.74, 6) is 0. The van der Waals surface area contributed by atoms with Gasteiger partial charge < -0.3 is 10.1 Å². The van der Waals surface area contributed by atoms with Gasteiger partial charge in [-0.25, -0.2) is 4.98 Å². The zero-order valence-corrected chi connectivity index (χ0v) is 10.7. The first-order valence-electron chi connectivity index (χ1n) is 5.80. The fourth-order valence-corrected chi connectivity index (χ4v) is 2.79. The Kier molecular flexibility index (Phi) is 4.15. The number of nitrogens with one attached hydrogen (secondary N) is 1. The Morgan fingerprint density at radius 1 is 1.69 bits per heavy atom. The Morgan fingerprint density at radius 3 is 3.31 bits per heavy atom. The maximum absolute atomic E-state index is 5.52. The molecule has 0 radical (unpaired) electrons. The third kappa shape index (κ3) is 3.17. The Bertz CT molecular complexity index is 329. The van der Waals surface area contributed by atoms with Crippen LogP contribution in [0.2, 0.25) is 0 Å². The van der Waals surface area contributed by atoms with Crippen LogP contribution in [0.15, 0.2) is 6.20 Å². The van der Waals surface area contributed by atoms with Crippen LogP contribution in [-0.2, 0) is 11.3 Å². The molecular weight excluding hydrogens is 222 g/mol. The lowest BCUT2D eigenvalue weighted by atomic mass is 10.3. The van der Waals surface area contributed by atoms with Gasteiger partial charge in [-0.2, -0.15) is 0 Å². The van der Waals surface area contributed by atoms with Crippen molar-refractivity contribution in [3.05, 3.63) is 11.1 Å². The average Bonchev–Trinajstić information content (AvgIpc) is 2.66. The monoisotopic (exact) mass is 241 g/mol. The molecule has 0 aliphatic carbocycles. The zero-order valence-electron chi connectivity index (χ0n) is 9.90. The molecule has 1 aliphatic heterocycles. The van der Waals surface area contributed by atoms with E-state index in [4.69, 9.17) is 4.74 Å². The molecule has 1 aromatic heterocycles. The molecule has 0 spiro atoms. The molecule has 90 valence electrons. The van der Waals surface area contributed by atoms with Crippen LogP contribution in [-0.4, -0.2) is 42.2 Å². The molecular formula is C11H19N3OS. The molecule has 1 aliphatic rings. The van der Waals surface area contributed by atoms with Crippen LogP contribution >= 0.6 is 11.3 Å². The lowest BCUT2D eigenvalue weighted by Crippen LogP contribution is -2.40. The van der Waals surface area contributed by atoms with Gasteiger partial charge in [0.2, 0.25) is 0 Å². The number of rotatable bonds is 4. The number of hydrogen-bond donors (Lipinski definition) is 1. The Labute approximate surface area is 101 Å². The molecule has 1 unspecified atom stereocenters. The van der Waals surface area contributed by atoms with Crippen LogP contribution in [0.4, 0.5) is 5.13 Å². The summed E-state index contributed by atoms with van der Waals surface area (Å²) in [5.41, 5.74) is 0. The van der Waals surface area contributed by atoms with E-state index in [1.807, 2.05) is 6.20 Å². The zero-order chi connectivity index (χ0) is 11.4. The lowest BCUT2D eigenvalue weighted by Gasteiger charge is -2.30. The van der Waals surface area contributed by atoms with Crippen LogP contribution < -0.4 is 5.32 Å². The van der Waals surface area contributed by atoms with Gasteiger partial charge in [-0.3, -0.25) is 4.90 Å². The molecule has 2 rings (SSSR count). The van der Waals surface area contributed by atoms with Gasteiger partial charge in [0.25, 0.3) is 0 Å². The minimum Gasteiger partial charge on any atom is -0.376 e. The Balaban J connectivity index is 1.87. The van der Waals surface area contributed by atoms with Gasteiger partial charge in [-0.05, 0) is 13.8 Å². The Hall–Kier alpha value is -0.650. The summed E-state index contributed by atoms with van der Waals surface area (Å²) in [5, 5.41) is 4.26. The van der Waals surface area contributed by atoms with E-state index in [0.29, 0.717) is 6.10 Å². The second-order valence-corrected chi connectivity index (χ2v) is 5.19. The van der Waals surface area contributed by atoms with Gasteiger partial charge >= 0.3 is 0 Å². The maximum atomic E-state index is 5.52. The summed E-state index contributed by atoms with van der Waals surface area (Å²) in [7, 11) is 0. The first kappa shape index (κ1) is 11.8. The number of ether oxygens (including phenoxy) is 1. The fraction of sp³-hybridized carbons (Fsp3) is 0.727. The molecule has 5 heteroatoms. The molecule has 1 saturated heterocycles. The first-order chi connectivity index (χ1) is 7.78. The van der Waals surface area contributed by atoms with E-state index < -0.39 is 0 Å². The van der Waals surface area contributed by atoms with Crippen molar-refractivity contribution in [2.24, 2.45) is 0 Å². The van der Waals surface area contributed by atoms with Crippen molar-refractivity contribution >= 4 is 16.5 Å². The first-order valence-corrected chi connectivity index (χ1v) is 6.62. The van der Waals surface area contributed by atoms with E-state index >= 15 is 0 Å². The van der Waals surface area contributed by atoms with Gasteiger partial charge in [0.05, 0.1) is 12.7 Å². The highest BCUT2D eigenvalue weighted by Crippen LogP contribution is 2.20. The highest BCUT2D eigenvalue weighted by Gasteiger charge is 2.17. The SMILES string of the molecule is CCNc1ncc(CN2CCOC(C)C2)s1. The van der Waals surface area contributed by atoms with E-state index in [2.05, 4.69) is 29.0 Å². The molecule has 16 heavy (non-hydrogen) atoms. The molecule has 0 bridgehead atoms. The second kappa shape index (κ2) is 5.61. The molecule has 0 amide bonds. The number of hydrogen-bond acceptors (Lipinski definition) is 5. The van der Waals surface area contributed by atoms with Gasteiger partial charge in [0, 0.05) is 37.3 Å². The van der Waals surface area contributed by atoms with Crippen LogP contribution in [0.5, 0.6) is 0 Å². The number of anilines is 1. The number of thiazole rings is 1. The maximum Gasteiger partial charge on any atom is 0.182 e. The molecule has 1 atom stereocenters. The predicted octanol–water partition coefficient (Wildman–Crippen LogP) is 1.80. The topological polar surface area (TPSA) is 37.4 Å². The molecule has 1 fully saturated rings. The summed E-state index contributed by atoms with van der Waals surface area (Å²) in [6.07, 6.45) is 2.33. The van der Waals surface area contributed by atoms with Crippen LogP contribution in [0.25, 0.3) is 0 Å². The highest BCUT2D eigenvalue weighted by atomic mass is 32.1. The summed E-state index contributed by atoms with van der Waals surface area (Å²) in [6.45, 7) is 9.04. The van der Waals surface area contributed by atoms with E-state index in [1.54, 1.807) is 11.3 Å². The molecule has 1 aromatic rings. The summed E-state index contributed by atoms with van der Waals surface area (Å²) >= 11 is 1.75. The number of nitrogens with zero attached hydrogens (tertiary/aromatic N) is 2. The fourth-order valence-electron chi connectivity index (χ4n) is 1.87. The van der Waals surface area contributed by atoms with Gasteiger partial charge in [-0.15, -0.1) is 11.3 Å². The van der Waals surface area contributed by atoms with E-state index in [1.165, 1.54) is 4.88 Å². The van der Waals surface area contributed by atoms with Crippen molar-refractivity contribution < 1.29 is 4.74 Å². The van der Waals surface area contributed by atoms with Gasteiger partial charge in [0.15, 0.2) is 5.13 Å². The van der Waals surface area contributed by atoms with Crippen LogP contribution in [0.3, 0.4) is 0 Å². The molecule has 2 heterocycles. The summed E-state index contributed by atoms with van der Waals surface area (Å²) in [4.78, 5) is 8.09. The molecule has 0 aromatic carbocycles. The largest absolute Gasteiger partial charge is 0.376 e. The van der Waals surface area contributed by atoms with Crippen molar-refractivity contribution in [3.8, 4) is 0 Å². The van der Waals surface area contributed by atoms with Crippen LogP contribution in [0.1, 0.15) is 18.7 Å². The smallest absolute Gasteiger partial charge is 0.182 e.